The summed E-state index contributed by atoms with van der Waals surface area (Å²) in [7, 11) is 0. The molecule has 1 aromatic rings. The molecule has 1 aromatic heterocycles. The minimum Gasteiger partial charge on any atom is -0.361 e. The van der Waals surface area contributed by atoms with Gasteiger partial charge in [-0.3, -0.25) is 0 Å². The summed E-state index contributed by atoms with van der Waals surface area (Å²) in [6, 6.07) is 0. The number of thiazole rings is 1. The molecule has 0 atom stereocenters. The minimum absolute atomic E-state index is 0.376. The average molecular weight is 217 g/mol. The van der Waals surface area contributed by atoms with Crippen molar-refractivity contribution in [2.24, 2.45) is 5.41 Å². The van der Waals surface area contributed by atoms with Crippen LogP contribution in [-0.2, 0) is 0 Å². The number of rotatable bonds is 4. The molecule has 0 aliphatic heterocycles. The smallest absolute Gasteiger partial charge is 0.182 e. The molecular formula is C9H13ClN2S. The van der Waals surface area contributed by atoms with Crippen molar-refractivity contribution in [3.8, 4) is 0 Å². The van der Waals surface area contributed by atoms with Crippen LogP contribution in [0.5, 0.6) is 0 Å². The molecule has 0 spiro atoms. The van der Waals surface area contributed by atoms with Gasteiger partial charge < -0.3 is 5.32 Å². The lowest BCUT2D eigenvalue weighted by atomic mass is 10.1. The zero-order valence-electron chi connectivity index (χ0n) is 7.64. The van der Waals surface area contributed by atoms with Gasteiger partial charge in [0.25, 0.3) is 0 Å². The maximum absolute atomic E-state index is 5.87. The summed E-state index contributed by atoms with van der Waals surface area (Å²) in [5, 5.41) is 6.42. The molecule has 0 saturated heterocycles. The molecule has 0 bridgehead atoms. The van der Waals surface area contributed by atoms with E-state index in [4.69, 9.17) is 11.6 Å². The number of alkyl halides is 1. The van der Waals surface area contributed by atoms with Crippen molar-refractivity contribution in [1.82, 2.24) is 4.98 Å². The standard InChI is InChI=1S/C9H13ClN2S/c1-7-4-13-8(12-7)11-6-9(5-10)2-3-9/h4H,2-3,5-6H2,1H3,(H,11,12). The Morgan fingerprint density at radius 2 is 2.46 bits per heavy atom. The van der Waals surface area contributed by atoms with Gasteiger partial charge in [0.2, 0.25) is 0 Å². The maximum atomic E-state index is 5.87. The first-order valence-corrected chi connectivity index (χ1v) is 5.87. The molecule has 2 nitrogen and oxygen atoms in total. The number of hydrogen-bond donors (Lipinski definition) is 1. The third-order valence-corrected chi connectivity index (χ3v) is 3.96. The van der Waals surface area contributed by atoms with E-state index in [0.717, 1.165) is 23.3 Å². The summed E-state index contributed by atoms with van der Waals surface area (Å²) in [4.78, 5) is 4.34. The molecule has 4 heteroatoms. The summed E-state index contributed by atoms with van der Waals surface area (Å²) in [5.74, 6) is 0.768. The molecule has 13 heavy (non-hydrogen) atoms. The van der Waals surface area contributed by atoms with Crippen LogP contribution in [0.3, 0.4) is 0 Å². The minimum atomic E-state index is 0.376. The Labute approximate surface area is 87.3 Å². The fraction of sp³-hybridized carbons (Fsp3) is 0.667. The zero-order valence-corrected chi connectivity index (χ0v) is 9.21. The number of halogens is 1. The van der Waals surface area contributed by atoms with Crippen LogP contribution in [0.4, 0.5) is 5.13 Å². The van der Waals surface area contributed by atoms with Crippen molar-refractivity contribution >= 4 is 28.1 Å². The number of hydrogen-bond acceptors (Lipinski definition) is 3. The monoisotopic (exact) mass is 216 g/mol. The van der Waals surface area contributed by atoms with E-state index in [-0.39, 0.29) is 0 Å². The second-order valence-electron chi connectivity index (χ2n) is 3.78. The fourth-order valence-electron chi connectivity index (χ4n) is 1.23. The van der Waals surface area contributed by atoms with Gasteiger partial charge in [-0.05, 0) is 19.8 Å². The van der Waals surface area contributed by atoms with Crippen LogP contribution in [0.15, 0.2) is 5.38 Å². The van der Waals surface area contributed by atoms with Gasteiger partial charge in [0.15, 0.2) is 5.13 Å². The third kappa shape index (κ3) is 2.15. The molecule has 72 valence electrons. The molecule has 0 aromatic carbocycles. The number of aromatic nitrogens is 1. The van der Waals surface area contributed by atoms with Crippen LogP contribution in [0.25, 0.3) is 0 Å². The van der Waals surface area contributed by atoms with Gasteiger partial charge in [-0.15, -0.1) is 22.9 Å². The van der Waals surface area contributed by atoms with Crippen LogP contribution in [0.1, 0.15) is 18.5 Å². The lowest BCUT2D eigenvalue weighted by Crippen LogP contribution is -2.16. The highest BCUT2D eigenvalue weighted by molar-refractivity contribution is 7.13. The first kappa shape index (κ1) is 9.28. The topological polar surface area (TPSA) is 24.9 Å². The Hall–Kier alpha value is -0.280. The highest BCUT2D eigenvalue weighted by Crippen LogP contribution is 2.46. The van der Waals surface area contributed by atoms with Crippen molar-refractivity contribution in [2.75, 3.05) is 17.7 Å². The molecule has 0 unspecified atom stereocenters. The van der Waals surface area contributed by atoms with E-state index >= 15 is 0 Å². The van der Waals surface area contributed by atoms with Crippen LogP contribution in [0.2, 0.25) is 0 Å². The summed E-state index contributed by atoms with van der Waals surface area (Å²) < 4.78 is 0. The van der Waals surface area contributed by atoms with E-state index in [1.807, 2.05) is 6.92 Å². The van der Waals surface area contributed by atoms with Crippen LogP contribution < -0.4 is 5.32 Å². The predicted octanol–water partition coefficient (Wildman–Crippen LogP) is 2.88. The van der Waals surface area contributed by atoms with Crippen molar-refractivity contribution in [2.45, 2.75) is 19.8 Å². The highest BCUT2D eigenvalue weighted by Gasteiger charge is 2.41. The zero-order chi connectivity index (χ0) is 9.31. The Kier molecular flexibility index (Phi) is 2.47. The van der Waals surface area contributed by atoms with E-state index in [9.17, 15) is 0 Å². The molecular weight excluding hydrogens is 204 g/mol. The molecule has 1 saturated carbocycles. The molecule has 0 amide bonds. The van der Waals surface area contributed by atoms with Crippen molar-refractivity contribution in [1.29, 1.82) is 0 Å². The summed E-state index contributed by atoms with van der Waals surface area (Å²) in [5.41, 5.74) is 1.46. The normalized spacial score (nSPS) is 18.6. The molecule has 2 rings (SSSR count). The van der Waals surface area contributed by atoms with Gasteiger partial charge in [-0.25, -0.2) is 4.98 Å². The molecule has 1 heterocycles. The molecule has 1 aliphatic rings. The lowest BCUT2D eigenvalue weighted by Gasteiger charge is -2.10. The summed E-state index contributed by atoms with van der Waals surface area (Å²) in [6.07, 6.45) is 2.52. The van der Waals surface area contributed by atoms with Gasteiger partial charge in [0, 0.05) is 23.2 Å². The second-order valence-corrected chi connectivity index (χ2v) is 4.91. The van der Waals surface area contributed by atoms with E-state index in [1.165, 1.54) is 12.8 Å². The predicted molar refractivity (Wildman–Crippen MR) is 57.7 cm³/mol. The van der Waals surface area contributed by atoms with Crippen LogP contribution in [-0.4, -0.2) is 17.4 Å². The Bertz CT molecular complexity index is 294. The number of nitrogens with zero attached hydrogens (tertiary/aromatic N) is 1. The van der Waals surface area contributed by atoms with Crippen LogP contribution >= 0.6 is 22.9 Å². The number of aryl methyl sites for hydroxylation is 1. The summed E-state index contributed by atoms with van der Waals surface area (Å²) >= 11 is 7.53. The third-order valence-electron chi connectivity index (χ3n) is 2.47. The Morgan fingerprint density at radius 1 is 1.69 bits per heavy atom. The van der Waals surface area contributed by atoms with Crippen molar-refractivity contribution < 1.29 is 0 Å². The fourth-order valence-corrected chi connectivity index (χ4v) is 2.28. The highest BCUT2D eigenvalue weighted by atomic mass is 35.5. The van der Waals surface area contributed by atoms with Gasteiger partial charge in [-0.2, -0.15) is 0 Å². The van der Waals surface area contributed by atoms with Gasteiger partial charge in [-0.1, -0.05) is 0 Å². The van der Waals surface area contributed by atoms with Crippen LogP contribution in [0, 0.1) is 12.3 Å². The van der Waals surface area contributed by atoms with Gasteiger partial charge in [0.1, 0.15) is 0 Å². The first-order chi connectivity index (χ1) is 6.24. The Balaban J connectivity index is 1.86. The van der Waals surface area contributed by atoms with E-state index in [2.05, 4.69) is 15.7 Å². The maximum Gasteiger partial charge on any atom is 0.182 e. The van der Waals surface area contributed by atoms with Crippen molar-refractivity contribution in [3.63, 3.8) is 0 Å². The lowest BCUT2D eigenvalue weighted by molar-refractivity contribution is 0.618. The van der Waals surface area contributed by atoms with Gasteiger partial charge in [0.05, 0.1) is 5.69 Å². The second kappa shape index (κ2) is 3.46. The largest absolute Gasteiger partial charge is 0.361 e. The quantitative estimate of drug-likeness (QED) is 0.783. The first-order valence-electron chi connectivity index (χ1n) is 4.46. The summed E-state index contributed by atoms with van der Waals surface area (Å²) in [6.45, 7) is 2.99. The number of anilines is 1. The number of nitrogens with one attached hydrogen (secondary N) is 1. The Morgan fingerprint density at radius 3 is 2.92 bits per heavy atom. The van der Waals surface area contributed by atoms with E-state index < -0.39 is 0 Å². The average Bonchev–Trinajstić information content (AvgIpc) is 2.81. The molecule has 1 N–H and O–H groups in total. The molecule has 1 fully saturated rings. The van der Waals surface area contributed by atoms with E-state index in [0.29, 0.717) is 5.41 Å². The molecule has 0 radical (unpaired) electrons. The van der Waals surface area contributed by atoms with Crippen molar-refractivity contribution in [3.05, 3.63) is 11.1 Å². The SMILES string of the molecule is Cc1csc(NCC2(CCl)CC2)n1. The molecule has 1 aliphatic carbocycles. The van der Waals surface area contributed by atoms with E-state index in [1.54, 1.807) is 11.3 Å². The van der Waals surface area contributed by atoms with Gasteiger partial charge >= 0.3 is 0 Å².